The van der Waals surface area contributed by atoms with Gasteiger partial charge >= 0.3 is 5.97 Å². The van der Waals surface area contributed by atoms with Crippen LogP contribution in [-0.2, 0) is 9.59 Å². The molecule has 0 aliphatic heterocycles. The van der Waals surface area contributed by atoms with Crippen molar-refractivity contribution in [3.05, 3.63) is 0 Å². The highest BCUT2D eigenvalue weighted by Gasteiger charge is 2.30. The van der Waals surface area contributed by atoms with Crippen molar-refractivity contribution in [3.8, 4) is 0 Å². The van der Waals surface area contributed by atoms with Crippen LogP contribution in [0.2, 0.25) is 0 Å². The summed E-state index contributed by atoms with van der Waals surface area (Å²) in [6, 6.07) is 0. The van der Waals surface area contributed by atoms with Gasteiger partial charge in [-0.15, -0.1) is 0 Å². The first kappa shape index (κ1) is 11.9. The van der Waals surface area contributed by atoms with Crippen LogP contribution in [0.3, 0.4) is 0 Å². The smallest absolute Gasteiger partial charge is 0.309 e. The Labute approximate surface area is 77.7 Å². The van der Waals surface area contributed by atoms with Gasteiger partial charge in [0.1, 0.15) is 0 Å². The summed E-state index contributed by atoms with van der Waals surface area (Å²) in [6.07, 6.45) is -0.0273. The lowest BCUT2D eigenvalue weighted by atomic mass is 9.89. The fourth-order valence-electron chi connectivity index (χ4n) is 0.766. The highest BCUT2D eigenvalue weighted by atomic mass is 16.4. The number of hydrogen-bond acceptors (Lipinski definition) is 3. The standard InChI is InChI=1S/C8H16N2O3/c1-8(2,7(12)13)5-6(11)9-10(3)4/h5H2,1-4H3,(H,9,11)(H,12,13). The van der Waals surface area contributed by atoms with E-state index >= 15 is 0 Å². The highest BCUT2D eigenvalue weighted by Crippen LogP contribution is 2.19. The van der Waals surface area contributed by atoms with Crippen LogP contribution >= 0.6 is 0 Å². The van der Waals surface area contributed by atoms with Crippen LogP contribution in [0.25, 0.3) is 0 Å². The Morgan fingerprint density at radius 3 is 2.15 bits per heavy atom. The van der Waals surface area contributed by atoms with E-state index in [-0.39, 0.29) is 12.3 Å². The molecule has 0 atom stereocenters. The van der Waals surface area contributed by atoms with Gasteiger partial charge in [0.2, 0.25) is 5.91 Å². The molecule has 0 aromatic carbocycles. The Hall–Kier alpha value is -1.10. The average molecular weight is 188 g/mol. The van der Waals surface area contributed by atoms with Crippen LogP contribution < -0.4 is 5.43 Å². The lowest BCUT2D eigenvalue weighted by Gasteiger charge is -2.20. The van der Waals surface area contributed by atoms with Crippen LogP contribution in [0.5, 0.6) is 0 Å². The van der Waals surface area contributed by atoms with Gasteiger partial charge in [0.05, 0.1) is 5.41 Å². The van der Waals surface area contributed by atoms with Gasteiger partial charge in [-0.05, 0) is 13.8 Å². The molecule has 0 saturated carbocycles. The molecule has 5 heteroatoms. The molecule has 0 saturated heterocycles. The minimum absolute atomic E-state index is 0.0273. The molecule has 0 radical (unpaired) electrons. The summed E-state index contributed by atoms with van der Waals surface area (Å²) in [5, 5.41) is 10.2. The van der Waals surface area contributed by atoms with Crippen molar-refractivity contribution in [2.75, 3.05) is 14.1 Å². The molecule has 0 aliphatic rings. The summed E-state index contributed by atoms with van der Waals surface area (Å²) in [5.41, 5.74) is 1.47. The van der Waals surface area contributed by atoms with Crippen molar-refractivity contribution >= 4 is 11.9 Å². The molecule has 0 aliphatic carbocycles. The third-order valence-electron chi connectivity index (χ3n) is 1.53. The van der Waals surface area contributed by atoms with Gasteiger partial charge < -0.3 is 5.11 Å². The van der Waals surface area contributed by atoms with Crippen molar-refractivity contribution in [2.24, 2.45) is 5.41 Å². The van der Waals surface area contributed by atoms with E-state index in [4.69, 9.17) is 5.11 Å². The maximum Gasteiger partial charge on any atom is 0.309 e. The minimum Gasteiger partial charge on any atom is -0.481 e. The number of nitrogens with zero attached hydrogens (tertiary/aromatic N) is 1. The molecule has 0 heterocycles. The van der Waals surface area contributed by atoms with Gasteiger partial charge in [-0.1, -0.05) is 0 Å². The number of carbonyl (C=O) groups excluding carboxylic acids is 1. The monoisotopic (exact) mass is 188 g/mol. The van der Waals surface area contributed by atoms with Gasteiger partial charge in [-0.25, -0.2) is 5.01 Å². The summed E-state index contributed by atoms with van der Waals surface area (Å²) in [5.74, 6) is -1.26. The zero-order valence-corrected chi connectivity index (χ0v) is 8.42. The Kier molecular flexibility index (Phi) is 3.87. The lowest BCUT2D eigenvalue weighted by Crippen LogP contribution is -2.40. The van der Waals surface area contributed by atoms with Crippen LogP contribution in [0.1, 0.15) is 20.3 Å². The van der Waals surface area contributed by atoms with E-state index in [2.05, 4.69) is 5.43 Å². The highest BCUT2D eigenvalue weighted by molar-refractivity contribution is 5.84. The van der Waals surface area contributed by atoms with Crippen molar-refractivity contribution in [1.29, 1.82) is 0 Å². The van der Waals surface area contributed by atoms with E-state index in [0.717, 1.165) is 0 Å². The molecule has 5 nitrogen and oxygen atoms in total. The molecule has 1 amide bonds. The van der Waals surface area contributed by atoms with Crippen LogP contribution in [-0.4, -0.2) is 36.1 Å². The Balaban J connectivity index is 4.12. The lowest BCUT2D eigenvalue weighted by molar-refractivity contribution is -0.150. The molecule has 0 spiro atoms. The Bertz CT molecular complexity index is 211. The average Bonchev–Trinajstić information content (AvgIpc) is 1.82. The molecule has 0 fully saturated rings. The Morgan fingerprint density at radius 2 is 1.85 bits per heavy atom. The number of hydrogen-bond donors (Lipinski definition) is 2. The number of nitrogens with one attached hydrogen (secondary N) is 1. The number of hydrazine groups is 1. The third-order valence-corrected chi connectivity index (χ3v) is 1.53. The normalized spacial score (nSPS) is 11.5. The Morgan fingerprint density at radius 1 is 1.38 bits per heavy atom. The molecule has 2 N–H and O–H groups in total. The van der Waals surface area contributed by atoms with E-state index < -0.39 is 11.4 Å². The second kappa shape index (κ2) is 4.23. The van der Waals surface area contributed by atoms with Gasteiger partial charge in [0.25, 0.3) is 0 Å². The number of carboxylic acid groups (broad SMARTS) is 1. The third kappa shape index (κ3) is 4.47. The van der Waals surface area contributed by atoms with E-state index in [9.17, 15) is 9.59 Å². The second-order valence-electron chi connectivity index (χ2n) is 3.80. The first-order valence-corrected chi connectivity index (χ1v) is 3.96. The SMILES string of the molecule is CN(C)NC(=O)CC(C)(C)C(=O)O. The van der Waals surface area contributed by atoms with E-state index in [1.165, 1.54) is 18.9 Å². The number of carboxylic acids is 1. The van der Waals surface area contributed by atoms with Gasteiger partial charge in [0.15, 0.2) is 0 Å². The predicted octanol–water partition coefficient (Wildman–Crippen LogP) is 0.0801. The maximum atomic E-state index is 11.2. The predicted molar refractivity (Wildman–Crippen MR) is 47.9 cm³/mol. The summed E-state index contributed by atoms with van der Waals surface area (Å²) >= 11 is 0. The summed E-state index contributed by atoms with van der Waals surface area (Å²) < 4.78 is 0. The molecule has 0 aromatic heterocycles. The number of carbonyl (C=O) groups is 2. The van der Waals surface area contributed by atoms with Crippen molar-refractivity contribution in [3.63, 3.8) is 0 Å². The minimum atomic E-state index is -1.01. The van der Waals surface area contributed by atoms with Crippen LogP contribution in [0.4, 0.5) is 0 Å². The largest absolute Gasteiger partial charge is 0.481 e. The summed E-state index contributed by atoms with van der Waals surface area (Å²) in [4.78, 5) is 21.8. The number of aliphatic carboxylic acids is 1. The molecule has 0 unspecified atom stereocenters. The van der Waals surface area contributed by atoms with Gasteiger partial charge in [0, 0.05) is 20.5 Å². The van der Waals surface area contributed by atoms with Crippen LogP contribution in [0.15, 0.2) is 0 Å². The van der Waals surface area contributed by atoms with E-state index in [1.807, 2.05) is 0 Å². The second-order valence-corrected chi connectivity index (χ2v) is 3.80. The molecule has 0 rings (SSSR count). The number of rotatable bonds is 4. The van der Waals surface area contributed by atoms with Crippen LogP contribution in [0, 0.1) is 5.41 Å². The zero-order chi connectivity index (χ0) is 10.6. The first-order chi connectivity index (χ1) is 5.75. The molecular formula is C8H16N2O3. The summed E-state index contributed by atoms with van der Waals surface area (Å²) in [7, 11) is 3.34. The zero-order valence-electron chi connectivity index (χ0n) is 8.42. The molecular weight excluding hydrogens is 172 g/mol. The van der Waals surface area contributed by atoms with E-state index in [1.54, 1.807) is 14.1 Å². The first-order valence-electron chi connectivity index (χ1n) is 3.96. The number of amides is 1. The van der Waals surface area contributed by atoms with Crippen molar-refractivity contribution in [2.45, 2.75) is 20.3 Å². The summed E-state index contributed by atoms with van der Waals surface area (Å²) in [6.45, 7) is 3.04. The molecule has 0 aromatic rings. The van der Waals surface area contributed by atoms with Gasteiger partial charge in [-0.2, -0.15) is 0 Å². The molecule has 13 heavy (non-hydrogen) atoms. The molecule has 76 valence electrons. The van der Waals surface area contributed by atoms with E-state index in [0.29, 0.717) is 0 Å². The van der Waals surface area contributed by atoms with Crippen molar-refractivity contribution < 1.29 is 14.7 Å². The maximum absolute atomic E-state index is 11.2. The fourth-order valence-corrected chi connectivity index (χ4v) is 0.766. The van der Waals surface area contributed by atoms with Gasteiger partial charge in [-0.3, -0.25) is 15.0 Å². The molecule has 0 bridgehead atoms. The fraction of sp³-hybridized carbons (Fsp3) is 0.750. The van der Waals surface area contributed by atoms with Crippen molar-refractivity contribution in [1.82, 2.24) is 10.4 Å². The topological polar surface area (TPSA) is 69.6 Å². The quantitative estimate of drug-likeness (QED) is 0.613.